The van der Waals surface area contributed by atoms with Crippen molar-refractivity contribution < 1.29 is 18.7 Å². The van der Waals surface area contributed by atoms with E-state index in [0.29, 0.717) is 5.56 Å². The second-order valence-corrected chi connectivity index (χ2v) is 3.98. The van der Waals surface area contributed by atoms with Crippen molar-refractivity contribution in [1.29, 1.82) is 0 Å². The molecule has 0 aromatic heterocycles. The van der Waals surface area contributed by atoms with Crippen LogP contribution >= 0.6 is 0 Å². The minimum absolute atomic E-state index is 0.255. The van der Waals surface area contributed by atoms with Gasteiger partial charge in [0.05, 0.1) is 5.56 Å². The van der Waals surface area contributed by atoms with Crippen LogP contribution in [0.15, 0.2) is 36.4 Å². The molecule has 0 spiro atoms. The number of hydrogen-bond donors (Lipinski definition) is 1. The summed E-state index contributed by atoms with van der Waals surface area (Å²) >= 11 is 0. The van der Waals surface area contributed by atoms with Crippen molar-refractivity contribution in [2.24, 2.45) is 0 Å². The van der Waals surface area contributed by atoms with Crippen molar-refractivity contribution in [2.45, 2.75) is 6.92 Å². The summed E-state index contributed by atoms with van der Waals surface area (Å²) in [7, 11) is 0. The van der Waals surface area contributed by atoms with Crippen LogP contribution in [0.5, 0.6) is 0 Å². The Balaban J connectivity index is 2.55. The lowest BCUT2D eigenvalue weighted by Crippen LogP contribution is -2.00. The number of carboxylic acid groups (broad SMARTS) is 1. The molecule has 0 atom stereocenters. The highest BCUT2D eigenvalue weighted by atomic mass is 19.1. The van der Waals surface area contributed by atoms with Gasteiger partial charge in [-0.1, -0.05) is 17.7 Å². The number of halogens is 2. The monoisotopic (exact) mass is 248 g/mol. The van der Waals surface area contributed by atoms with Gasteiger partial charge in [-0.3, -0.25) is 0 Å². The molecule has 0 unspecified atom stereocenters. The van der Waals surface area contributed by atoms with E-state index in [4.69, 9.17) is 5.11 Å². The van der Waals surface area contributed by atoms with Gasteiger partial charge >= 0.3 is 5.97 Å². The van der Waals surface area contributed by atoms with Crippen LogP contribution in [0.3, 0.4) is 0 Å². The number of carboxylic acids is 1. The molecule has 0 heterocycles. The Labute approximate surface area is 103 Å². The molecule has 0 aliphatic rings. The fourth-order valence-corrected chi connectivity index (χ4v) is 1.72. The number of benzene rings is 2. The predicted molar refractivity (Wildman–Crippen MR) is 63.5 cm³/mol. The highest BCUT2D eigenvalue weighted by Crippen LogP contribution is 2.25. The molecule has 18 heavy (non-hydrogen) atoms. The second-order valence-electron chi connectivity index (χ2n) is 3.98. The molecule has 0 saturated heterocycles. The smallest absolute Gasteiger partial charge is 0.338 e. The number of rotatable bonds is 2. The average Bonchev–Trinajstić information content (AvgIpc) is 2.31. The molecule has 2 rings (SSSR count). The Morgan fingerprint density at radius 3 is 2.39 bits per heavy atom. The van der Waals surface area contributed by atoms with Crippen LogP contribution in [0, 0.1) is 18.6 Å². The van der Waals surface area contributed by atoms with Gasteiger partial charge in [0.2, 0.25) is 0 Å². The highest BCUT2D eigenvalue weighted by molar-refractivity contribution is 5.88. The number of hydrogen-bond acceptors (Lipinski definition) is 1. The van der Waals surface area contributed by atoms with Gasteiger partial charge < -0.3 is 5.11 Å². The van der Waals surface area contributed by atoms with Crippen LogP contribution in [-0.4, -0.2) is 11.1 Å². The quantitative estimate of drug-likeness (QED) is 0.880. The molecule has 0 aliphatic carbocycles. The third-order valence-corrected chi connectivity index (χ3v) is 2.63. The summed E-state index contributed by atoms with van der Waals surface area (Å²) in [4.78, 5) is 10.7. The molecule has 0 bridgehead atoms. The molecule has 92 valence electrons. The molecule has 1 N–H and O–H groups in total. The van der Waals surface area contributed by atoms with Crippen molar-refractivity contribution in [1.82, 2.24) is 0 Å². The standard InChI is InChI=1S/C14H10F2O2/c1-8-2-5-12(15)11(6-8)9-3-4-10(14(17)18)13(16)7-9/h2-7H,1H3,(H,17,18). The zero-order chi connectivity index (χ0) is 13.3. The fraction of sp³-hybridized carbons (Fsp3) is 0.0714. The number of aromatic carboxylic acids is 1. The molecule has 4 heteroatoms. The molecular formula is C14H10F2O2. The lowest BCUT2D eigenvalue weighted by atomic mass is 10.0. The first-order valence-corrected chi connectivity index (χ1v) is 5.28. The maximum atomic E-state index is 13.6. The lowest BCUT2D eigenvalue weighted by Gasteiger charge is -2.06. The van der Waals surface area contributed by atoms with Crippen LogP contribution in [0.1, 0.15) is 15.9 Å². The van der Waals surface area contributed by atoms with Gasteiger partial charge in [0.15, 0.2) is 0 Å². The third kappa shape index (κ3) is 2.22. The van der Waals surface area contributed by atoms with Crippen LogP contribution in [0.4, 0.5) is 8.78 Å². The Morgan fingerprint density at radius 2 is 1.78 bits per heavy atom. The summed E-state index contributed by atoms with van der Waals surface area (Å²) in [5.41, 5.74) is 0.991. The summed E-state index contributed by atoms with van der Waals surface area (Å²) in [5, 5.41) is 8.71. The van der Waals surface area contributed by atoms with E-state index >= 15 is 0 Å². The van der Waals surface area contributed by atoms with Crippen molar-refractivity contribution >= 4 is 5.97 Å². The van der Waals surface area contributed by atoms with Crippen LogP contribution in [0.25, 0.3) is 11.1 Å². The van der Waals surface area contributed by atoms with E-state index in [2.05, 4.69) is 0 Å². The fourth-order valence-electron chi connectivity index (χ4n) is 1.72. The Hall–Kier alpha value is -2.23. The molecule has 0 aliphatic heterocycles. The van der Waals surface area contributed by atoms with E-state index in [1.54, 1.807) is 19.1 Å². The molecule has 2 aromatic rings. The number of aryl methyl sites for hydroxylation is 1. The molecule has 0 amide bonds. The predicted octanol–water partition coefficient (Wildman–Crippen LogP) is 3.64. The SMILES string of the molecule is Cc1ccc(F)c(-c2ccc(C(=O)O)c(F)c2)c1. The van der Waals surface area contributed by atoms with E-state index < -0.39 is 23.2 Å². The number of carbonyl (C=O) groups is 1. The minimum Gasteiger partial charge on any atom is -0.478 e. The Bertz CT molecular complexity index is 621. The third-order valence-electron chi connectivity index (χ3n) is 2.63. The summed E-state index contributed by atoms with van der Waals surface area (Å²) in [6.45, 7) is 1.80. The van der Waals surface area contributed by atoms with Gasteiger partial charge in [-0.2, -0.15) is 0 Å². The molecule has 0 fully saturated rings. The minimum atomic E-state index is -1.34. The van der Waals surface area contributed by atoms with Gasteiger partial charge in [0.1, 0.15) is 11.6 Å². The molecule has 2 nitrogen and oxygen atoms in total. The van der Waals surface area contributed by atoms with Crippen LogP contribution in [0.2, 0.25) is 0 Å². The van der Waals surface area contributed by atoms with E-state index in [9.17, 15) is 13.6 Å². The Kier molecular flexibility index (Phi) is 3.10. The largest absolute Gasteiger partial charge is 0.478 e. The van der Waals surface area contributed by atoms with Gasteiger partial charge in [-0.15, -0.1) is 0 Å². The first-order chi connectivity index (χ1) is 8.49. The first-order valence-electron chi connectivity index (χ1n) is 5.28. The first kappa shape index (κ1) is 12.2. The van der Waals surface area contributed by atoms with Gasteiger partial charge in [-0.05, 0) is 36.8 Å². The summed E-state index contributed by atoms with van der Waals surface area (Å²) in [6, 6.07) is 8.06. The summed E-state index contributed by atoms with van der Waals surface area (Å²) in [6.07, 6.45) is 0. The maximum absolute atomic E-state index is 13.6. The van der Waals surface area contributed by atoms with E-state index in [1.807, 2.05) is 0 Å². The van der Waals surface area contributed by atoms with Gasteiger partial charge in [0, 0.05) is 5.56 Å². The van der Waals surface area contributed by atoms with Crippen molar-refractivity contribution in [3.8, 4) is 11.1 Å². The molecule has 0 saturated carbocycles. The zero-order valence-corrected chi connectivity index (χ0v) is 9.58. The van der Waals surface area contributed by atoms with Crippen molar-refractivity contribution in [3.05, 3.63) is 59.2 Å². The highest BCUT2D eigenvalue weighted by Gasteiger charge is 2.12. The summed E-state index contributed by atoms with van der Waals surface area (Å²) in [5.74, 6) is -2.69. The van der Waals surface area contributed by atoms with E-state index in [0.717, 1.165) is 17.7 Å². The van der Waals surface area contributed by atoms with Crippen LogP contribution in [-0.2, 0) is 0 Å². The van der Waals surface area contributed by atoms with E-state index in [-0.39, 0.29) is 5.56 Å². The van der Waals surface area contributed by atoms with Crippen LogP contribution < -0.4 is 0 Å². The lowest BCUT2D eigenvalue weighted by molar-refractivity contribution is 0.0692. The topological polar surface area (TPSA) is 37.3 Å². The molecule has 2 aromatic carbocycles. The normalized spacial score (nSPS) is 10.4. The average molecular weight is 248 g/mol. The van der Waals surface area contributed by atoms with Gasteiger partial charge in [0.25, 0.3) is 0 Å². The van der Waals surface area contributed by atoms with Crippen molar-refractivity contribution in [3.63, 3.8) is 0 Å². The van der Waals surface area contributed by atoms with Crippen molar-refractivity contribution in [2.75, 3.05) is 0 Å². The zero-order valence-electron chi connectivity index (χ0n) is 9.58. The molecule has 0 radical (unpaired) electrons. The maximum Gasteiger partial charge on any atom is 0.338 e. The summed E-state index contributed by atoms with van der Waals surface area (Å²) < 4.78 is 27.1. The van der Waals surface area contributed by atoms with E-state index in [1.165, 1.54) is 12.1 Å². The second kappa shape index (κ2) is 4.56. The molecular weight excluding hydrogens is 238 g/mol. The Morgan fingerprint density at radius 1 is 1.06 bits per heavy atom. The van der Waals surface area contributed by atoms with Gasteiger partial charge in [-0.25, -0.2) is 13.6 Å².